The SMILES string of the molecule is NC(=O)[C@@H](CC1CC1)NC(=O)c1cc(F)cc(F)c1. The number of carbonyl (C=O) groups excluding carboxylic acids is 2. The van der Waals surface area contributed by atoms with Gasteiger partial charge in [-0.05, 0) is 24.5 Å². The van der Waals surface area contributed by atoms with E-state index in [4.69, 9.17) is 5.73 Å². The number of nitrogens with one attached hydrogen (secondary N) is 1. The van der Waals surface area contributed by atoms with Crippen molar-refractivity contribution in [2.45, 2.75) is 25.3 Å². The van der Waals surface area contributed by atoms with E-state index >= 15 is 0 Å². The van der Waals surface area contributed by atoms with Crippen LogP contribution in [0.15, 0.2) is 18.2 Å². The molecule has 1 aromatic rings. The second kappa shape index (κ2) is 5.34. The smallest absolute Gasteiger partial charge is 0.252 e. The van der Waals surface area contributed by atoms with E-state index in [1.165, 1.54) is 0 Å². The second-order valence-corrected chi connectivity index (χ2v) is 4.77. The van der Waals surface area contributed by atoms with Crippen LogP contribution in [0, 0.1) is 17.6 Å². The topological polar surface area (TPSA) is 72.2 Å². The number of carbonyl (C=O) groups is 2. The van der Waals surface area contributed by atoms with E-state index in [1.807, 2.05) is 0 Å². The molecule has 1 saturated carbocycles. The molecule has 1 aliphatic carbocycles. The van der Waals surface area contributed by atoms with Crippen LogP contribution in [-0.2, 0) is 4.79 Å². The summed E-state index contributed by atoms with van der Waals surface area (Å²) in [5.74, 6) is -2.65. The molecule has 0 heterocycles. The molecule has 1 atom stereocenters. The third kappa shape index (κ3) is 3.74. The van der Waals surface area contributed by atoms with Crippen molar-refractivity contribution >= 4 is 11.8 Å². The third-order valence-electron chi connectivity index (χ3n) is 3.04. The zero-order chi connectivity index (χ0) is 14.0. The molecule has 0 spiro atoms. The summed E-state index contributed by atoms with van der Waals surface area (Å²) in [7, 11) is 0. The summed E-state index contributed by atoms with van der Waals surface area (Å²) in [5.41, 5.74) is 5.03. The molecule has 1 aromatic carbocycles. The lowest BCUT2D eigenvalue weighted by molar-refractivity contribution is -0.120. The number of primary amides is 1. The second-order valence-electron chi connectivity index (χ2n) is 4.77. The zero-order valence-electron chi connectivity index (χ0n) is 10.2. The van der Waals surface area contributed by atoms with Gasteiger partial charge in [-0.15, -0.1) is 0 Å². The minimum absolute atomic E-state index is 0.167. The van der Waals surface area contributed by atoms with Crippen LogP contribution in [0.25, 0.3) is 0 Å². The number of halogens is 2. The average molecular weight is 268 g/mol. The number of rotatable bonds is 5. The lowest BCUT2D eigenvalue weighted by Gasteiger charge is -2.15. The van der Waals surface area contributed by atoms with Crippen molar-refractivity contribution < 1.29 is 18.4 Å². The minimum atomic E-state index is -0.844. The predicted molar refractivity (Wildman–Crippen MR) is 64.1 cm³/mol. The predicted octanol–water partition coefficient (Wildman–Crippen LogP) is 1.35. The minimum Gasteiger partial charge on any atom is -0.368 e. The largest absolute Gasteiger partial charge is 0.368 e. The standard InChI is InChI=1S/C13H14F2N2O2/c14-9-4-8(5-10(15)6-9)13(19)17-11(12(16)18)3-7-1-2-7/h4-7,11H,1-3H2,(H2,16,18)(H,17,19)/t11-/m1/s1. The van der Waals surface area contributed by atoms with Crippen molar-refractivity contribution in [2.75, 3.05) is 0 Å². The first-order valence-electron chi connectivity index (χ1n) is 6.02. The Bertz CT molecular complexity index is 495. The van der Waals surface area contributed by atoms with Crippen molar-refractivity contribution in [1.29, 1.82) is 0 Å². The number of hydrogen-bond acceptors (Lipinski definition) is 2. The summed E-state index contributed by atoms with van der Waals surface area (Å²) in [5, 5.41) is 2.41. The first-order chi connectivity index (χ1) is 8.95. The maximum atomic E-state index is 13.0. The van der Waals surface area contributed by atoms with Gasteiger partial charge in [0.15, 0.2) is 0 Å². The first-order valence-corrected chi connectivity index (χ1v) is 6.02. The molecule has 1 aliphatic rings. The molecule has 0 radical (unpaired) electrons. The third-order valence-corrected chi connectivity index (χ3v) is 3.04. The Labute approximate surface area is 109 Å². The van der Waals surface area contributed by atoms with Crippen molar-refractivity contribution in [3.05, 3.63) is 35.4 Å². The van der Waals surface area contributed by atoms with Gasteiger partial charge in [0, 0.05) is 11.6 Å². The Morgan fingerprint density at radius 3 is 2.32 bits per heavy atom. The van der Waals surface area contributed by atoms with Gasteiger partial charge in [-0.25, -0.2) is 8.78 Å². The molecule has 102 valence electrons. The highest BCUT2D eigenvalue weighted by atomic mass is 19.1. The van der Waals surface area contributed by atoms with Gasteiger partial charge in [-0.2, -0.15) is 0 Å². The highest BCUT2D eigenvalue weighted by molar-refractivity contribution is 5.97. The lowest BCUT2D eigenvalue weighted by atomic mass is 10.1. The van der Waals surface area contributed by atoms with Gasteiger partial charge >= 0.3 is 0 Å². The zero-order valence-corrected chi connectivity index (χ0v) is 10.2. The van der Waals surface area contributed by atoms with E-state index in [2.05, 4.69) is 5.32 Å². The highest BCUT2D eigenvalue weighted by Crippen LogP contribution is 2.33. The molecule has 0 aliphatic heterocycles. The maximum absolute atomic E-state index is 13.0. The van der Waals surface area contributed by atoms with Gasteiger partial charge in [0.05, 0.1) is 0 Å². The number of amides is 2. The molecule has 0 unspecified atom stereocenters. The van der Waals surface area contributed by atoms with Crippen molar-refractivity contribution in [3.8, 4) is 0 Å². The normalized spacial score (nSPS) is 15.9. The van der Waals surface area contributed by atoms with E-state index in [-0.39, 0.29) is 5.56 Å². The molecular weight excluding hydrogens is 254 g/mol. The number of nitrogens with two attached hydrogens (primary N) is 1. The summed E-state index contributed by atoms with van der Waals surface area (Å²) in [4.78, 5) is 23.0. The molecule has 4 nitrogen and oxygen atoms in total. The van der Waals surface area contributed by atoms with E-state index in [0.717, 1.165) is 25.0 Å². The molecule has 2 rings (SSSR count). The Morgan fingerprint density at radius 1 is 1.26 bits per heavy atom. The van der Waals surface area contributed by atoms with Gasteiger partial charge in [0.1, 0.15) is 17.7 Å². The van der Waals surface area contributed by atoms with Crippen LogP contribution in [0.4, 0.5) is 8.78 Å². The van der Waals surface area contributed by atoms with E-state index < -0.39 is 29.5 Å². The number of hydrogen-bond donors (Lipinski definition) is 2. The summed E-state index contributed by atoms with van der Waals surface area (Å²) in [6.07, 6.45) is 2.49. The molecule has 3 N–H and O–H groups in total. The van der Waals surface area contributed by atoms with Gasteiger partial charge < -0.3 is 11.1 Å². The monoisotopic (exact) mass is 268 g/mol. The number of benzene rings is 1. The first kappa shape index (κ1) is 13.5. The fraction of sp³-hybridized carbons (Fsp3) is 0.385. The van der Waals surface area contributed by atoms with Gasteiger partial charge in [-0.1, -0.05) is 12.8 Å². The molecule has 2 amide bonds. The summed E-state index contributed by atoms with van der Waals surface area (Å²) < 4.78 is 26.0. The van der Waals surface area contributed by atoms with Gasteiger partial charge in [0.25, 0.3) is 5.91 Å². The van der Waals surface area contributed by atoms with Crippen LogP contribution in [0.2, 0.25) is 0 Å². The van der Waals surface area contributed by atoms with E-state index in [0.29, 0.717) is 18.4 Å². The average Bonchev–Trinajstić information content (AvgIpc) is 3.10. The Balaban J connectivity index is 2.07. The Kier molecular flexibility index (Phi) is 3.78. The van der Waals surface area contributed by atoms with Crippen LogP contribution in [0.1, 0.15) is 29.6 Å². The Hall–Kier alpha value is -1.98. The van der Waals surface area contributed by atoms with E-state index in [1.54, 1.807) is 0 Å². The van der Waals surface area contributed by atoms with Gasteiger partial charge in [-0.3, -0.25) is 9.59 Å². The van der Waals surface area contributed by atoms with Crippen LogP contribution >= 0.6 is 0 Å². The van der Waals surface area contributed by atoms with E-state index in [9.17, 15) is 18.4 Å². The van der Waals surface area contributed by atoms with Crippen LogP contribution in [-0.4, -0.2) is 17.9 Å². The summed E-state index contributed by atoms with van der Waals surface area (Å²) in [6, 6.07) is 1.69. The Morgan fingerprint density at radius 2 is 1.84 bits per heavy atom. The van der Waals surface area contributed by atoms with Crippen molar-refractivity contribution in [1.82, 2.24) is 5.32 Å². The summed E-state index contributed by atoms with van der Waals surface area (Å²) in [6.45, 7) is 0. The molecule has 0 saturated heterocycles. The molecule has 0 bridgehead atoms. The highest BCUT2D eigenvalue weighted by Gasteiger charge is 2.29. The quantitative estimate of drug-likeness (QED) is 0.846. The van der Waals surface area contributed by atoms with Gasteiger partial charge in [0.2, 0.25) is 5.91 Å². The van der Waals surface area contributed by atoms with Crippen molar-refractivity contribution in [2.24, 2.45) is 11.7 Å². The molecule has 19 heavy (non-hydrogen) atoms. The maximum Gasteiger partial charge on any atom is 0.252 e. The lowest BCUT2D eigenvalue weighted by Crippen LogP contribution is -2.44. The van der Waals surface area contributed by atoms with Crippen LogP contribution in [0.3, 0.4) is 0 Å². The fourth-order valence-electron chi connectivity index (χ4n) is 1.86. The molecule has 1 fully saturated rings. The summed E-state index contributed by atoms with van der Waals surface area (Å²) >= 11 is 0. The molecule has 6 heteroatoms. The fourth-order valence-corrected chi connectivity index (χ4v) is 1.86. The van der Waals surface area contributed by atoms with Crippen molar-refractivity contribution in [3.63, 3.8) is 0 Å². The van der Waals surface area contributed by atoms with Crippen LogP contribution < -0.4 is 11.1 Å². The molecule has 0 aromatic heterocycles. The molecular formula is C13H14F2N2O2. The van der Waals surface area contributed by atoms with Crippen LogP contribution in [0.5, 0.6) is 0 Å².